The molecule has 2 N–H and O–H groups in total. The molecule has 0 radical (unpaired) electrons. The van der Waals surface area contributed by atoms with Crippen molar-refractivity contribution in [2.75, 3.05) is 33.9 Å². The van der Waals surface area contributed by atoms with Gasteiger partial charge in [-0.15, -0.1) is 6.42 Å². The molecule has 302 valence electrons. The standard InChI is InChI=1S/C45H56N6O6/c1-9-21-50-39-18-17-34(25-36(39)37(26-45(5,6)27-57-29-53)42(50)35-16-13-19-46-40(35)31(4)56-8)33-15-12-14-32(23-33)24-38(44(55)51-22-11-10-20-47-51)48-43(54)41(30(2)3)49(7)28-52/h1,12-19,23,25,28-31,38,41,47H,10-11,20-22,24,26-27H2,2-8H3,(H,48,54). The molecule has 4 aromatic rings. The van der Waals surface area contributed by atoms with E-state index >= 15 is 0 Å². The van der Waals surface area contributed by atoms with Crippen LogP contribution in [-0.4, -0.2) is 90.1 Å². The Morgan fingerprint density at radius 3 is 2.53 bits per heavy atom. The Hall–Kier alpha value is -5.51. The molecule has 57 heavy (non-hydrogen) atoms. The molecule has 1 aliphatic rings. The number of carbonyl (C=O) groups excluding carboxylic acids is 4. The molecule has 0 aliphatic carbocycles. The lowest BCUT2D eigenvalue weighted by molar-refractivity contribution is -0.142. The van der Waals surface area contributed by atoms with Crippen molar-refractivity contribution < 1.29 is 28.7 Å². The molecule has 3 atom stereocenters. The number of benzene rings is 2. The monoisotopic (exact) mass is 776 g/mol. The van der Waals surface area contributed by atoms with E-state index in [9.17, 15) is 19.2 Å². The largest absolute Gasteiger partial charge is 0.467 e. The zero-order chi connectivity index (χ0) is 41.3. The Kier molecular flexibility index (Phi) is 14.3. The number of pyridine rings is 1. The zero-order valence-corrected chi connectivity index (χ0v) is 34.2. The molecule has 12 nitrogen and oxygen atoms in total. The topological polar surface area (TPSA) is 135 Å². The maximum absolute atomic E-state index is 14.0. The van der Waals surface area contributed by atoms with Crippen LogP contribution in [0, 0.1) is 23.7 Å². The first-order valence-corrected chi connectivity index (χ1v) is 19.6. The number of amides is 3. The lowest BCUT2D eigenvalue weighted by atomic mass is 9.84. The van der Waals surface area contributed by atoms with E-state index in [1.165, 1.54) is 4.90 Å². The molecule has 1 aliphatic heterocycles. The van der Waals surface area contributed by atoms with E-state index in [0.717, 1.165) is 62.9 Å². The van der Waals surface area contributed by atoms with Crippen LogP contribution in [-0.2, 0) is 48.0 Å². The fourth-order valence-electron chi connectivity index (χ4n) is 7.85. The number of terminal acetylenes is 1. The Labute approximate surface area is 336 Å². The molecular weight excluding hydrogens is 721 g/mol. The number of fused-ring (bicyclic) bond motifs is 1. The van der Waals surface area contributed by atoms with Gasteiger partial charge in [0.05, 0.1) is 30.6 Å². The van der Waals surface area contributed by atoms with Crippen molar-refractivity contribution in [3.63, 3.8) is 0 Å². The fourth-order valence-corrected chi connectivity index (χ4v) is 7.85. The van der Waals surface area contributed by atoms with Crippen LogP contribution in [0.15, 0.2) is 60.8 Å². The average Bonchev–Trinajstić information content (AvgIpc) is 3.50. The average molecular weight is 777 g/mol. The van der Waals surface area contributed by atoms with Gasteiger partial charge in [0, 0.05) is 61.7 Å². The van der Waals surface area contributed by atoms with Gasteiger partial charge in [-0.25, -0.2) is 5.43 Å². The predicted molar refractivity (Wildman–Crippen MR) is 221 cm³/mol. The lowest BCUT2D eigenvalue weighted by Gasteiger charge is -2.33. The lowest BCUT2D eigenvalue weighted by Crippen LogP contribution is -2.58. The van der Waals surface area contributed by atoms with Crippen LogP contribution in [0.4, 0.5) is 0 Å². The number of likely N-dealkylation sites (N-methyl/N-ethyl adjacent to an activating group) is 1. The smallest absolute Gasteiger partial charge is 0.293 e. The minimum absolute atomic E-state index is 0.167. The third-order valence-corrected chi connectivity index (χ3v) is 10.6. The second-order valence-corrected chi connectivity index (χ2v) is 15.9. The van der Waals surface area contributed by atoms with Gasteiger partial charge in [0.2, 0.25) is 12.3 Å². The van der Waals surface area contributed by atoms with E-state index in [2.05, 4.69) is 59.3 Å². The summed E-state index contributed by atoms with van der Waals surface area (Å²) in [6.07, 6.45) is 10.7. The van der Waals surface area contributed by atoms with E-state index < -0.39 is 17.5 Å². The van der Waals surface area contributed by atoms with Gasteiger partial charge in [0.25, 0.3) is 12.4 Å². The van der Waals surface area contributed by atoms with Crippen LogP contribution in [0.2, 0.25) is 0 Å². The fraction of sp³-hybridized carbons (Fsp3) is 0.444. The van der Waals surface area contributed by atoms with Crippen LogP contribution in [0.3, 0.4) is 0 Å². The molecular formula is C45H56N6O6. The van der Waals surface area contributed by atoms with Gasteiger partial charge in [-0.05, 0) is 78.6 Å². The van der Waals surface area contributed by atoms with Crippen LogP contribution < -0.4 is 10.7 Å². The van der Waals surface area contributed by atoms with Crippen LogP contribution in [0.25, 0.3) is 33.3 Å². The molecule has 1 saturated heterocycles. The highest BCUT2D eigenvalue weighted by Gasteiger charge is 2.33. The van der Waals surface area contributed by atoms with Crippen molar-refractivity contribution in [1.29, 1.82) is 0 Å². The third kappa shape index (κ3) is 9.90. The van der Waals surface area contributed by atoms with Crippen molar-refractivity contribution in [3.05, 3.63) is 77.6 Å². The number of hydrazine groups is 1. The number of rotatable bonds is 18. The Morgan fingerprint density at radius 1 is 1.09 bits per heavy atom. The van der Waals surface area contributed by atoms with Gasteiger partial charge >= 0.3 is 0 Å². The van der Waals surface area contributed by atoms with Gasteiger partial charge in [0.1, 0.15) is 12.1 Å². The third-order valence-electron chi connectivity index (χ3n) is 10.6. The Morgan fingerprint density at radius 2 is 1.86 bits per heavy atom. The minimum atomic E-state index is -0.868. The normalized spacial score (nSPS) is 14.8. The van der Waals surface area contributed by atoms with E-state index in [1.54, 1.807) is 25.4 Å². The molecule has 0 saturated carbocycles. The summed E-state index contributed by atoms with van der Waals surface area (Å²) in [6, 6.07) is 16.6. The Balaban J connectivity index is 1.61. The van der Waals surface area contributed by atoms with Crippen LogP contribution in [0.5, 0.6) is 0 Å². The maximum atomic E-state index is 14.0. The van der Waals surface area contributed by atoms with Crippen LogP contribution >= 0.6 is 0 Å². The second-order valence-electron chi connectivity index (χ2n) is 15.9. The summed E-state index contributed by atoms with van der Waals surface area (Å²) < 4.78 is 13.2. The molecule has 12 heteroatoms. The molecule has 5 rings (SSSR count). The quantitative estimate of drug-likeness (QED) is 0.0969. The van der Waals surface area contributed by atoms with E-state index in [-0.39, 0.29) is 36.9 Å². The van der Waals surface area contributed by atoms with E-state index in [0.29, 0.717) is 38.9 Å². The summed E-state index contributed by atoms with van der Waals surface area (Å²) in [6.45, 7) is 12.1. The van der Waals surface area contributed by atoms with E-state index in [4.69, 9.17) is 20.9 Å². The first-order chi connectivity index (χ1) is 27.3. The van der Waals surface area contributed by atoms with E-state index in [1.807, 2.05) is 51.1 Å². The molecule has 0 bridgehead atoms. The summed E-state index contributed by atoms with van der Waals surface area (Å²) in [4.78, 5) is 56.7. The zero-order valence-electron chi connectivity index (χ0n) is 34.2. The van der Waals surface area contributed by atoms with Crippen molar-refractivity contribution in [3.8, 4) is 34.7 Å². The number of nitrogens with one attached hydrogen (secondary N) is 2. The van der Waals surface area contributed by atoms with Crippen molar-refractivity contribution in [2.24, 2.45) is 11.3 Å². The number of aromatic nitrogens is 2. The maximum Gasteiger partial charge on any atom is 0.293 e. The Bertz CT molecular complexity index is 2100. The summed E-state index contributed by atoms with van der Waals surface area (Å²) in [5, 5.41) is 5.60. The second kappa shape index (κ2) is 19.1. The van der Waals surface area contributed by atoms with Gasteiger partial charge in [-0.2, -0.15) is 0 Å². The summed E-state index contributed by atoms with van der Waals surface area (Å²) in [5.74, 6) is 2.08. The van der Waals surface area contributed by atoms with Crippen LogP contribution in [0.1, 0.15) is 70.4 Å². The first kappa shape index (κ1) is 42.6. The number of methoxy groups -OCH3 is 1. The molecule has 0 spiro atoms. The van der Waals surface area contributed by atoms with Crippen molar-refractivity contribution in [2.45, 2.75) is 85.0 Å². The van der Waals surface area contributed by atoms with Gasteiger partial charge < -0.3 is 24.3 Å². The number of hydrogen-bond donors (Lipinski definition) is 2. The number of hydrogen-bond acceptors (Lipinski definition) is 8. The van der Waals surface area contributed by atoms with Gasteiger partial charge in [-0.3, -0.25) is 29.2 Å². The molecule has 3 amide bonds. The summed E-state index contributed by atoms with van der Waals surface area (Å²) in [5.41, 5.74) is 10.1. The molecule has 3 heterocycles. The van der Waals surface area contributed by atoms with Crippen molar-refractivity contribution >= 4 is 35.6 Å². The number of carbonyl (C=O) groups is 4. The molecule has 2 aromatic carbocycles. The summed E-state index contributed by atoms with van der Waals surface area (Å²) >= 11 is 0. The van der Waals surface area contributed by atoms with Crippen molar-refractivity contribution in [1.82, 2.24) is 30.2 Å². The van der Waals surface area contributed by atoms with Gasteiger partial charge in [-0.1, -0.05) is 63.9 Å². The highest BCUT2D eigenvalue weighted by molar-refractivity contribution is 5.95. The van der Waals surface area contributed by atoms with Gasteiger partial charge in [0.15, 0.2) is 0 Å². The predicted octanol–water partition coefficient (Wildman–Crippen LogP) is 5.72. The number of ether oxygens (including phenoxy) is 2. The molecule has 2 aromatic heterocycles. The minimum Gasteiger partial charge on any atom is -0.467 e. The first-order valence-electron chi connectivity index (χ1n) is 19.6. The molecule has 3 unspecified atom stereocenters. The summed E-state index contributed by atoms with van der Waals surface area (Å²) in [7, 11) is 3.23. The highest BCUT2D eigenvalue weighted by Crippen LogP contribution is 2.41. The number of nitrogens with zero attached hydrogens (tertiary/aromatic N) is 4. The SMILES string of the molecule is C#CCn1c(-c2cccnc2C(C)OC)c(CC(C)(C)COC=O)c2cc(-c3cccc(CC(NC(=O)C(C(C)C)N(C)C=O)C(=O)N4CCCCN4)c3)ccc21. The highest BCUT2D eigenvalue weighted by atomic mass is 16.5. The molecule has 1 fully saturated rings.